The predicted octanol–water partition coefficient (Wildman–Crippen LogP) is 3.40. The van der Waals surface area contributed by atoms with Gasteiger partial charge in [0.15, 0.2) is 0 Å². The van der Waals surface area contributed by atoms with Gasteiger partial charge >= 0.3 is 6.61 Å². The van der Waals surface area contributed by atoms with E-state index in [1.54, 1.807) is 12.1 Å². The Kier molecular flexibility index (Phi) is 3.74. The Hall–Kier alpha value is -1.42. The topological polar surface area (TPSA) is 35.2 Å². The SMILES string of the molecule is NC(C1=CCCC1)c1ccc(OC(F)F)cc1. The van der Waals surface area contributed by atoms with Gasteiger partial charge in [0, 0.05) is 0 Å². The molecule has 0 bridgehead atoms. The van der Waals surface area contributed by atoms with E-state index in [2.05, 4.69) is 10.8 Å². The summed E-state index contributed by atoms with van der Waals surface area (Å²) < 4.78 is 28.2. The van der Waals surface area contributed by atoms with Crippen molar-refractivity contribution in [2.24, 2.45) is 5.73 Å². The highest BCUT2D eigenvalue weighted by atomic mass is 19.3. The second-order valence-electron chi connectivity index (χ2n) is 4.10. The number of nitrogens with two attached hydrogens (primary N) is 1. The minimum Gasteiger partial charge on any atom is -0.435 e. The average Bonchev–Trinajstić information content (AvgIpc) is 2.82. The van der Waals surface area contributed by atoms with Gasteiger partial charge in [-0.15, -0.1) is 0 Å². The number of ether oxygens (including phenoxy) is 1. The molecule has 0 amide bonds. The van der Waals surface area contributed by atoms with Gasteiger partial charge in [0.2, 0.25) is 0 Å². The molecule has 0 heterocycles. The second kappa shape index (κ2) is 5.27. The standard InChI is InChI=1S/C13H15F2NO/c14-13(15)17-11-7-5-10(6-8-11)12(16)9-3-1-2-4-9/h3,5-8,12-13H,1-2,4,16H2. The molecule has 4 heteroatoms. The van der Waals surface area contributed by atoms with Crippen LogP contribution in [-0.4, -0.2) is 6.61 Å². The van der Waals surface area contributed by atoms with Gasteiger partial charge in [-0.2, -0.15) is 8.78 Å². The summed E-state index contributed by atoms with van der Waals surface area (Å²) in [6.07, 6.45) is 5.41. The van der Waals surface area contributed by atoms with Crippen molar-refractivity contribution >= 4 is 0 Å². The largest absolute Gasteiger partial charge is 0.435 e. The van der Waals surface area contributed by atoms with E-state index in [1.165, 1.54) is 17.7 Å². The van der Waals surface area contributed by atoms with Gasteiger partial charge in [0.25, 0.3) is 0 Å². The van der Waals surface area contributed by atoms with Crippen molar-refractivity contribution in [1.29, 1.82) is 0 Å². The van der Waals surface area contributed by atoms with Crippen LogP contribution in [0.15, 0.2) is 35.9 Å². The number of benzene rings is 1. The van der Waals surface area contributed by atoms with Crippen molar-refractivity contribution in [2.75, 3.05) is 0 Å². The van der Waals surface area contributed by atoms with Crippen LogP contribution in [-0.2, 0) is 0 Å². The van der Waals surface area contributed by atoms with Crippen LogP contribution in [0.2, 0.25) is 0 Å². The summed E-state index contributed by atoms with van der Waals surface area (Å²) in [5, 5.41) is 0. The number of rotatable bonds is 4. The monoisotopic (exact) mass is 239 g/mol. The molecule has 0 saturated heterocycles. The highest BCUT2D eigenvalue weighted by Crippen LogP contribution is 2.29. The number of allylic oxidation sites excluding steroid dienone is 1. The predicted molar refractivity (Wildman–Crippen MR) is 61.9 cm³/mol. The van der Waals surface area contributed by atoms with E-state index in [0.29, 0.717) is 0 Å². The van der Waals surface area contributed by atoms with Crippen LogP contribution >= 0.6 is 0 Å². The number of hydrogen-bond donors (Lipinski definition) is 1. The Morgan fingerprint density at radius 1 is 1.18 bits per heavy atom. The van der Waals surface area contributed by atoms with E-state index >= 15 is 0 Å². The number of hydrogen-bond acceptors (Lipinski definition) is 2. The molecule has 92 valence electrons. The minimum absolute atomic E-state index is 0.127. The molecule has 0 spiro atoms. The Bertz CT molecular complexity index is 400. The summed E-state index contributed by atoms with van der Waals surface area (Å²) in [5.41, 5.74) is 8.25. The van der Waals surface area contributed by atoms with Crippen molar-refractivity contribution in [3.8, 4) is 5.75 Å². The van der Waals surface area contributed by atoms with Crippen LogP contribution in [0.5, 0.6) is 5.75 Å². The molecule has 0 fully saturated rings. The smallest absolute Gasteiger partial charge is 0.387 e. The molecule has 2 nitrogen and oxygen atoms in total. The van der Waals surface area contributed by atoms with Gasteiger partial charge in [-0.3, -0.25) is 0 Å². The van der Waals surface area contributed by atoms with E-state index in [-0.39, 0.29) is 11.8 Å². The number of alkyl halides is 2. The Morgan fingerprint density at radius 2 is 1.88 bits per heavy atom. The van der Waals surface area contributed by atoms with E-state index < -0.39 is 6.61 Å². The first kappa shape index (κ1) is 12.0. The van der Waals surface area contributed by atoms with Gasteiger partial charge in [0.05, 0.1) is 6.04 Å². The number of halogens is 2. The first-order valence-electron chi connectivity index (χ1n) is 5.66. The lowest BCUT2D eigenvalue weighted by molar-refractivity contribution is -0.0498. The van der Waals surface area contributed by atoms with Crippen LogP contribution in [0.4, 0.5) is 8.78 Å². The zero-order chi connectivity index (χ0) is 12.3. The molecular weight excluding hydrogens is 224 g/mol. The molecule has 17 heavy (non-hydrogen) atoms. The van der Waals surface area contributed by atoms with Gasteiger partial charge in [-0.1, -0.05) is 23.8 Å². The normalized spacial score (nSPS) is 17.1. The molecule has 1 aliphatic carbocycles. The van der Waals surface area contributed by atoms with Crippen molar-refractivity contribution in [1.82, 2.24) is 0 Å². The van der Waals surface area contributed by atoms with Crippen LogP contribution < -0.4 is 10.5 Å². The van der Waals surface area contributed by atoms with Crippen molar-refractivity contribution in [3.05, 3.63) is 41.5 Å². The summed E-state index contributed by atoms with van der Waals surface area (Å²) >= 11 is 0. The molecule has 2 N–H and O–H groups in total. The van der Waals surface area contributed by atoms with E-state index in [4.69, 9.17) is 5.73 Å². The van der Waals surface area contributed by atoms with Crippen LogP contribution in [0.3, 0.4) is 0 Å². The van der Waals surface area contributed by atoms with Gasteiger partial charge in [0.1, 0.15) is 5.75 Å². The highest BCUT2D eigenvalue weighted by molar-refractivity contribution is 5.34. The maximum Gasteiger partial charge on any atom is 0.387 e. The average molecular weight is 239 g/mol. The van der Waals surface area contributed by atoms with E-state index in [1.807, 2.05) is 0 Å². The summed E-state index contributed by atoms with van der Waals surface area (Å²) in [6, 6.07) is 6.40. The summed E-state index contributed by atoms with van der Waals surface area (Å²) in [4.78, 5) is 0. The Balaban J connectivity index is 2.06. The first-order chi connectivity index (χ1) is 8.16. The minimum atomic E-state index is -2.79. The Labute approximate surface area is 99.1 Å². The molecule has 2 rings (SSSR count). The van der Waals surface area contributed by atoms with E-state index in [0.717, 1.165) is 24.8 Å². The molecule has 1 atom stereocenters. The fraction of sp³-hybridized carbons (Fsp3) is 0.385. The zero-order valence-corrected chi connectivity index (χ0v) is 9.40. The van der Waals surface area contributed by atoms with Gasteiger partial charge in [-0.05, 0) is 37.0 Å². The van der Waals surface area contributed by atoms with Crippen molar-refractivity contribution < 1.29 is 13.5 Å². The zero-order valence-electron chi connectivity index (χ0n) is 9.40. The van der Waals surface area contributed by atoms with Gasteiger partial charge in [-0.25, -0.2) is 0 Å². The van der Waals surface area contributed by atoms with E-state index in [9.17, 15) is 8.78 Å². The molecular formula is C13H15F2NO. The molecule has 1 unspecified atom stereocenters. The fourth-order valence-corrected chi connectivity index (χ4v) is 2.05. The highest BCUT2D eigenvalue weighted by Gasteiger charge is 2.15. The molecule has 1 aromatic rings. The van der Waals surface area contributed by atoms with Crippen LogP contribution in [0.25, 0.3) is 0 Å². The maximum atomic E-state index is 12.0. The van der Waals surface area contributed by atoms with Gasteiger partial charge < -0.3 is 10.5 Å². The third kappa shape index (κ3) is 3.03. The molecule has 1 aromatic carbocycles. The third-order valence-electron chi connectivity index (χ3n) is 2.94. The van der Waals surface area contributed by atoms with Crippen LogP contribution in [0.1, 0.15) is 30.9 Å². The van der Waals surface area contributed by atoms with Crippen LogP contribution in [0, 0.1) is 0 Å². The molecule has 1 aliphatic rings. The lowest BCUT2D eigenvalue weighted by atomic mass is 9.99. The molecule has 0 aliphatic heterocycles. The first-order valence-corrected chi connectivity index (χ1v) is 5.66. The lowest BCUT2D eigenvalue weighted by Gasteiger charge is -2.14. The van der Waals surface area contributed by atoms with Crippen molar-refractivity contribution in [3.63, 3.8) is 0 Å². The Morgan fingerprint density at radius 3 is 2.41 bits per heavy atom. The summed E-state index contributed by atoms with van der Waals surface area (Å²) in [7, 11) is 0. The summed E-state index contributed by atoms with van der Waals surface area (Å²) in [6.45, 7) is -2.79. The maximum absolute atomic E-state index is 12.0. The summed E-state index contributed by atoms with van der Waals surface area (Å²) in [5.74, 6) is 0.163. The molecule has 0 saturated carbocycles. The quantitative estimate of drug-likeness (QED) is 0.817. The van der Waals surface area contributed by atoms with Crippen molar-refractivity contribution in [2.45, 2.75) is 31.9 Å². The molecule has 0 aromatic heterocycles. The fourth-order valence-electron chi connectivity index (χ4n) is 2.05. The molecule has 0 radical (unpaired) electrons. The second-order valence-corrected chi connectivity index (χ2v) is 4.10. The third-order valence-corrected chi connectivity index (χ3v) is 2.94. The lowest BCUT2D eigenvalue weighted by Crippen LogP contribution is -2.12.